The summed E-state index contributed by atoms with van der Waals surface area (Å²) in [5.74, 6) is -0.773. The molecule has 0 amide bonds. The van der Waals surface area contributed by atoms with Crippen LogP contribution in [0.15, 0.2) is 60.3 Å². The Bertz CT molecular complexity index is 622. The number of rotatable bonds is 8. The summed E-state index contributed by atoms with van der Waals surface area (Å²) in [7, 11) is 0. The SMILES string of the molecule is C=C1C=CC([C@H](OC(C[CH2-])C[CH2-])c2ccccn2)=C[CH+]1.[CH2-]CCC(=O)O.[Li+]. The van der Waals surface area contributed by atoms with Crippen molar-refractivity contribution < 1.29 is 33.5 Å². The summed E-state index contributed by atoms with van der Waals surface area (Å²) in [6.45, 7) is 15.1. The van der Waals surface area contributed by atoms with E-state index in [1.54, 1.807) is 6.20 Å². The van der Waals surface area contributed by atoms with Crippen LogP contribution in [0.1, 0.15) is 37.5 Å². The Morgan fingerprint density at radius 3 is 2.37 bits per heavy atom. The van der Waals surface area contributed by atoms with Gasteiger partial charge in [0.2, 0.25) is 0 Å². The van der Waals surface area contributed by atoms with Crippen molar-refractivity contribution in [3.8, 4) is 0 Å². The van der Waals surface area contributed by atoms with Crippen LogP contribution in [0.25, 0.3) is 0 Å². The third-order valence-corrected chi connectivity index (χ3v) is 3.60. The molecule has 0 saturated carbocycles. The topological polar surface area (TPSA) is 59.4 Å². The molecule has 0 fully saturated rings. The first kappa shape index (κ1) is 25.3. The molecule has 1 atom stereocenters. The Hall–Kier alpha value is -1.73. The van der Waals surface area contributed by atoms with Crippen LogP contribution in [-0.4, -0.2) is 22.2 Å². The number of carbonyl (C=O) groups is 1. The average Bonchev–Trinajstić information content (AvgIpc) is 2.65. The summed E-state index contributed by atoms with van der Waals surface area (Å²) >= 11 is 0. The van der Waals surface area contributed by atoms with Gasteiger partial charge in [0.05, 0.1) is 16.8 Å². The van der Waals surface area contributed by atoms with Crippen molar-refractivity contribution in [1.29, 1.82) is 0 Å². The molecule has 1 aromatic heterocycles. The molecule has 1 aromatic rings. The largest absolute Gasteiger partial charge is 1.00 e. The van der Waals surface area contributed by atoms with Crippen LogP contribution in [0.3, 0.4) is 0 Å². The molecule has 0 unspecified atom stereocenters. The Balaban J connectivity index is 0.000000842. The van der Waals surface area contributed by atoms with Crippen LogP contribution >= 0.6 is 0 Å². The van der Waals surface area contributed by atoms with Crippen molar-refractivity contribution in [3.05, 3.63) is 93.2 Å². The molecule has 1 heterocycles. The van der Waals surface area contributed by atoms with Gasteiger partial charge < -0.3 is 30.6 Å². The second-order valence-corrected chi connectivity index (χ2v) is 5.71. The number of allylic oxidation sites excluding steroid dienone is 3. The number of hydrogen-bond donors (Lipinski definition) is 1. The Morgan fingerprint density at radius 1 is 1.26 bits per heavy atom. The minimum absolute atomic E-state index is 0. The molecule has 1 aliphatic carbocycles. The molecule has 0 aliphatic heterocycles. The van der Waals surface area contributed by atoms with Crippen LogP contribution in [-0.2, 0) is 9.53 Å². The fraction of sp³-hybridized carbons (Fsp3) is 0.273. The average molecular weight is 360 g/mol. The Kier molecular flexibility index (Phi) is 13.4. The predicted octanol–water partition coefficient (Wildman–Crippen LogP) is 1.90. The summed E-state index contributed by atoms with van der Waals surface area (Å²) in [5, 5.41) is 7.87. The molecule has 0 saturated heterocycles. The van der Waals surface area contributed by atoms with Gasteiger partial charge in [0, 0.05) is 43.4 Å². The Labute approximate surface area is 175 Å². The molecule has 27 heavy (non-hydrogen) atoms. The zero-order chi connectivity index (χ0) is 19.4. The molecule has 0 bridgehead atoms. The minimum atomic E-state index is -0.773. The summed E-state index contributed by atoms with van der Waals surface area (Å²) < 4.78 is 6.15. The van der Waals surface area contributed by atoms with Crippen LogP contribution in [0, 0.1) is 27.2 Å². The standard InChI is InChI=1S/C18H20NO.C4H7O2.Li/c1-4-16(5-2)20-18(17-8-6-7-13-19-17)15-11-9-14(3)10-12-15;1-2-3-4(5)6;/h6-13,16,18H,1-5H2;1-3H2,(H,5,6);/q2*-1;+1/t18-;;/m0../s1. The molecule has 1 aliphatic rings. The second kappa shape index (κ2) is 14.3. The fourth-order valence-corrected chi connectivity index (χ4v) is 2.17. The van der Waals surface area contributed by atoms with E-state index in [1.165, 1.54) is 0 Å². The van der Waals surface area contributed by atoms with Crippen LogP contribution in [0.2, 0.25) is 0 Å². The molecular formula is C22H27LiNO3-. The van der Waals surface area contributed by atoms with E-state index in [0.29, 0.717) is 19.3 Å². The van der Waals surface area contributed by atoms with Gasteiger partial charge in [-0.05, 0) is 18.7 Å². The number of nitrogens with zero attached hydrogens (tertiary/aromatic N) is 1. The third-order valence-electron chi connectivity index (χ3n) is 3.60. The van der Waals surface area contributed by atoms with E-state index in [4.69, 9.17) is 9.84 Å². The number of ether oxygens (including phenoxy) is 1. The van der Waals surface area contributed by atoms with Crippen molar-refractivity contribution >= 4 is 5.97 Å². The van der Waals surface area contributed by atoms with E-state index in [-0.39, 0.29) is 37.5 Å². The molecule has 0 radical (unpaired) electrons. The van der Waals surface area contributed by atoms with Crippen molar-refractivity contribution in [2.24, 2.45) is 0 Å². The summed E-state index contributed by atoms with van der Waals surface area (Å²) in [5.41, 5.74) is 2.96. The first-order valence-corrected chi connectivity index (χ1v) is 8.59. The van der Waals surface area contributed by atoms with Gasteiger partial charge in [-0.3, -0.25) is 9.78 Å². The van der Waals surface area contributed by atoms with Crippen molar-refractivity contribution in [3.63, 3.8) is 0 Å². The van der Waals surface area contributed by atoms with Gasteiger partial charge in [-0.2, -0.15) is 19.3 Å². The first-order valence-electron chi connectivity index (χ1n) is 8.59. The van der Waals surface area contributed by atoms with Gasteiger partial charge in [-0.1, -0.05) is 6.07 Å². The normalized spacial score (nSPS) is 13.6. The van der Waals surface area contributed by atoms with Crippen LogP contribution in [0.4, 0.5) is 0 Å². The van der Waals surface area contributed by atoms with Crippen LogP contribution in [0.5, 0.6) is 0 Å². The number of aromatic nitrogens is 1. The van der Waals surface area contributed by atoms with Crippen molar-refractivity contribution in [2.45, 2.75) is 37.9 Å². The smallest absolute Gasteiger partial charge is 0.481 e. The molecule has 0 aromatic carbocycles. The minimum Gasteiger partial charge on any atom is -0.481 e. The molecule has 4 nitrogen and oxygen atoms in total. The molecular weight excluding hydrogens is 333 g/mol. The summed E-state index contributed by atoms with van der Waals surface area (Å²) in [6.07, 6.45) is 11.7. The summed E-state index contributed by atoms with van der Waals surface area (Å²) in [4.78, 5) is 14.0. The number of carboxylic acid groups (broad SMARTS) is 1. The van der Waals surface area contributed by atoms with Crippen LogP contribution < -0.4 is 18.9 Å². The number of hydrogen-bond acceptors (Lipinski definition) is 3. The van der Waals surface area contributed by atoms with Gasteiger partial charge in [0.1, 0.15) is 0 Å². The van der Waals surface area contributed by atoms with Gasteiger partial charge in [-0.25, -0.2) is 0 Å². The predicted molar refractivity (Wildman–Crippen MR) is 105 cm³/mol. The van der Waals surface area contributed by atoms with Gasteiger partial charge in [0.25, 0.3) is 0 Å². The monoisotopic (exact) mass is 360 g/mol. The second-order valence-electron chi connectivity index (χ2n) is 5.71. The zero-order valence-electron chi connectivity index (χ0n) is 16.1. The molecule has 140 valence electrons. The number of aliphatic carboxylic acids is 1. The fourth-order valence-electron chi connectivity index (χ4n) is 2.17. The van der Waals surface area contributed by atoms with E-state index in [0.717, 1.165) is 16.8 Å². The molecule has 5 heteroatoms. The zero-order valence-corrected chi connectivity index (χ0v) is 16.1. The third kappa shape index (κ3) is 9.67. The van der Waals surface area contributed by atoms with E-state index in [1.807, 2.05) is 42.8 Å². The maximum absolute atomic E-state index is 9.56. The maximum atomic E-state index is 9.56. The summed E-state index contributed by atoms with van der Waals surface area (Å²) in [6, 6.07) is 5.85. The maximum Gasteiger partial charge on any atom is 1.00 e. The van der Waals surface area contributed by atoms with Gasteiger partial charge >= 0.3 is 24.8 Å². The molecule has 2 rings (SSSR count). The first-order chi connectivity index (χ1) is 12.5. The van der Waals surface area contributed by atoms with Gasteiger partial charge in [0.15, 0.2) is 6.10 Å². The molecule has 0 spiro atoms. The van der Waals surface area contributed by atoms with E-state index >= 15 is 0 Å². The van der Waals surface area contributed by atoms with E-state index in [2.05, 4.69) is 32.3 Å². The van der Waals surface area contributed by atoms with E-state index < -0.39 is 5.97 Å². The number of carboxylic acids is 1. The van der Waals surface area contributed by atoms with Crippen molar-refractivity contribution in [1.82, 2.24) is 4.98 Å². The molecule has 1 N–H and O–H groups in total. The van der Waals surface area contributed by atoms with E-state index in [9.17, 15) is 4.79 Å². The quantitative estimate of drug-likeness (QED) is 0.568. The van der Waals surface area contributed by atoms with Gasteiger partial charge in [-0.15, -0.1) is 0 Å². The Morgan fingerprint density at radius 2 is 1.96 bits per heavy atom. The van der Waals surface area contributed by atoms with Crippen molar-refractivity contribution in [2.75, 3.05) is 0 Å². The number of pyridine rings is 1.